The molecule has 4 atom stereocenters. The van der Waals surface area contributed by atoms with Crippen molar-refractivity contribution in [3.63, 3.8) is 0 Å². The summed E-state index contributed by atoms with van der Waals surface area (Å²) in [6.07, 6.45) is -8.96. The number of benzene rings is 3. The minimum absolute atomic E-state index is 0.00803. The van der Waals surface area contributed by atoms with Crippen LogP contribution in [0.4, 0.5) is 30.7 Å². The van der Waals surface area contributed by atoms with Crippen molar-refractivity contribution in [3.8, 4) is 0 Å². The van der Waals surface area contributed by atoms with Gasteiger partial charge in [0.15, 0.2) is 5.78 Å². The Morgan fingerprint density at radius 2 is 1.51 bits per heavy atom. The van der Waals surface area contributed by atoms with Gasteiger partial charge in [0.25, 0.3) is 0 Å². The van der Waals surface area contributed by atoms with E-state index in [1.54, 1.807) is 42.5 Å². The van der Waals surface area contributed by atoms with Crippen LogP contribution in [-0.4, -0.2) is 54.4 Å². The summed E-state index contributed by atoms with van der Waals surface area (Å²) in [5, 5.41) is 6.16. The number of Topliss-reactive ketones (excluding diaryl/α,β-unsaturated/α-hetero) is 1. The fourth-order valence-electron chi connectivity index (χ4n) is 6.48. The first kappa shape index (κ1) is 32.6. The van der Waals surface area contributed by atoms with E-state index in [1.165, 1.54) is 12.1 Å². The third kappa shape index (κ3) is 7.73. The Kier molecular flexibility index (Phi) is 9.64. The molecule has 2 aliphatic rings. The molecule has 3 aromatic carbocycles. The predicted molar refractivity (Wildman–Crippen MR) is 153 cm³/mol. The monoisotopic (exact) mass is 635 g/mol. The van der Waals surface area contributed by atoms with E-state index < -0.39 is 58.6 Å². The topological polar surface area (TPSA) is 61.4 Å². The first-order valence-corrected chi connectivity index (χ1v) is 14.7. The average molecular weight is 636 g/mol. The number of carbonyl (C=O) groups is 2. The number of nitrogens with one attached hydrogen (secondary N) is 2. The highest BCUT2D eigenvalue weighted by Crippen LogP contribution is 2.38. The molecule has 2 fully saturated rings. The highest BCUT2D eigenvalue weighted by Gasteiger charge is 2.45. The molecule has 2 saturated heterocycles. The van der Waals surface area contributed by atoms with Crippen molar-refractivity contribution >= 4 is 11.7 Å². The molecule has 0 saturated carbocycles. The first-order valence-electron chi connectivity index (χ1n) is 14.7. The van der Waals surface area contributed by atoms with Gasteiger partial charge in [-0.3, -0.25) is 14.5 Å². The molecule has 240 valence electrons. The van der Waals surface area contributed by atoms with Crippen molar-refractivity contribution in [2.75, 3.05) is 19.6 Å². The summed E-state index contributed by atoms with van der Waals surface area (Å²) in [7, 11) is 0. The van der Waals surface area contributed by atoms with E-state index in [4.69, 9.17) is 0 Å². The van der Waals surface area contributed by atoms with E-state index in [0.717, 1.165) is 5.56 Å². The summed E-state index contributed by atoms with van der Waals surface area (Å²) < 4.78 is 96.3. The Hall–Kier alpha value is -3.77. The molecule has 3 unspecified atom stereocenters. The second kappa shape index (κ2) is 13.3. The van der Waals surface area contributed by atoms with Gasteiger partial charge in [0, 0.05) is 24.1 Å². The molecule has 12 heteroatoms. The van der Waals surface area contributed by atoms with Gasteiger partial charge in [0.1, 0.15) is 5.82 Å². The highest BCUT2D eigenvalue weighted by atomic mass is 19.4. The number of carbonyl (C=O) groups excluding carboxylic acids is 2. The van der Waals surface area contributed by atoms with Gasteiger partial charge in [0.05, 0.1) is 29.6 Å². The lowest BCUT2D eigenvalue weighted by atomic mass is 9.81. The second-order valence-corrected chi connectivity index (χ2v) is 11.5. The number of ketones is 1. The third-order valence-corrected chi connectivity index (χ3v) is 8.53. The van der Waals surface area contributed by atoms with Gasteiger partial charge >= 0.3 is 12.4 Å². The lowest BCUT2D eigenvalue weighted by Gasteiger charge is -2.48. The summed E-state index contributed by atoms with van der Waals surface area (Å²) in [5.74, 6) is -2.06. The van der Waals surface area contributed by atoms with Gasteiger partial charge in [0.2, 0.25) is 5.91 Å². The zero-order valence-electron chi connectivity index (χ0n) is 24.1. The van der Waals surface area contributed by atoms with Crippen LogP contribution in [0.1, 0.15) is 57.8 Å². The predicted octanol–water partition coefficient (Wildman–Crippen LogP) is 6.38. The standard InChI is InChI=1S/C33H32F7N3O2/c34-25-10-8-21(9-11-25)26-19-41-13-12-28(26)43-14-4-7-27(42-29(44)15-20-5-2-1-3-6-20)30(43)31(45)22-16-23(32(35,36)37)18-24(17-22)33(38,39)40/h1-3,5-6,8-11,16-18,26-28,30,41H,4,7,12-15,19H2,(H,42,44)/t26?,27?,28?,30-/m1/s1. The summed E-state index contributed by atoms with van der Waals surface area (Å²) >= 11 is 0. The van der Waals surface area contributed by atoms with E-state index in [1.807, 2.05) is 4.90 Å². The van der Waals surface area contributed by atoms with Gasteiger partial charge in [-0.2, -0.15) is 26.3 Å². The lowest BCUT2D eigenvalue weighted by Crippen LogP contribution is -2.63. The summed E-state index contributed by atoms with van der Waals surface area (Å²) in [4.78, 5) is 29.3. The van der Waals surface area contributed by atoms with Crippen LogP contribution in [0.2, 0.25) is 0 Å². The molecule has 45 heavy (non-hydrogen) atoms. The maximum atomic E-state index is 14.3. The minimum atomic E-state index is -5.13. The van der Waals surface area contributed by atoms with Gasteiger partial charge in [-0.05, 0) is 73.8 Å². The van der Waals surface area contributed by atoms with E-state index in [0.29, 0.717) is 56.6 Å². The van der Waals surface area contributed by atoms with Crippen LogP contribution in [0.5, 0.6) is 0 Å². The van der Waals surface area contributed by atoms with Crippen LogP contribution in [0.3, 0.4) is 0 Å². The molecule has 5 rings (SSSR count). The van der Waals surface area contributed by atoms with E-state index >= 15 is 0 Å². The van der Waals surface area contributed by atoms with E-state index in [2.05, 4.69) is 10.6 Å². The van der Waals surface area contributed by atoms with Crippen LogP contribution in [0.25, 0.3) is 0 Å². The van der Waals surface area contributed by atoms with Crippen LogP contribution in [0, 0.1) is 5.82 Å². The molecule has 2 heterocycles. The largest absolute Gasteiger partial charge is 0.416 e. The van der Waals surface area contributed by atoms with Crippen molar-refractivity contribution in [2.24, 2.45) is 0 Å². The Balaban J connectivity index is 1.55. The SMILES string of the molecule is O=C(Cc1ccccc1)NC1CCCN(C2CCNCC2c2ccc(F)cc2)[C@H]1C(=O)c1cc(C(F)(F)F)cc(C(F)(F)F)c1. The van der Waals surface area contributed by atoms with Crippen molar-refractivity contribution in [3.05, 3.63) is 106 Å². The number of alkyl halides is 6. The van der Waals surface area contributed by atoms with Gasteiger partial charge in [-0.25, -0.2) is 4.39 Å². The van der Waals surface area contributed by atoms with Crippen molar-refractivity contribution < 1.29 is 40.3 Å². The van der Waals surface area contributed by atoms with Crippen LogP contribution in [-0.2, 0) is 23.6 Å². The van der Waals surface area contributed by atoms with Crippen LogP contribution < -0.4 is 10.6 Å². The quantitative estimate of drug-likeness (QED) is 0.234. The smallest absolute Gasteiger partial charge is 0.351 e. The Bertz CT molecular complexity index is 1460. The number of likely N-dealkylation sites (tertiary alicyclic amines) is 1. The van der Waals surface area contributed by atoms with E-state index in [9.17, 15) is 40.3 Å². The zero-order chi connectivity index (χ0) is 32.4. The Labute approximate surface area is 255 Å². The fourth-order valence-corrected chi connectivity index (χ4v) is 6.48. The normalized spacial score (nSPS) is 23.0. The number of hydrogen-bond donors (Lipinski definition) is 2. The van der Waals surface area contributed by atoms with Crippen molar-refractivity contribution in [1.82, 2.24) is 15.5 Å². The molecule has 3 aromatic rings. The Morgan fingerprint density at radius 1 is 0.867 bits per heavy atom. The molecular formula is C33H32F7N3O2. The maximum Gasteiger partial charge on any atom is 0.416 e. The van der Waals surface area contributed by atoms with Gasteiger partial charge in [-0.15, -0.1) is 0 Å². The lowest BCUT2D eigenvalue weighted by molar-refractivity contribution is -0.143. The molecule has 5 nitrogen and oxygen atoms in total. The van der Waals surface area contributed by atoms with Gasteiger partial charge < -0.3 is 10.6 Å². The molecule has 0 aliphatic carbocycles. The summed E-state index contributed by atoms with van der Waals surface area (Å²) in [5.41, 5.74) is -2.43. The van der Waals surface area contributed by atoms with E-state index in [-0.39, 0.29) is 24.4 Å². The summed E-state index contributed by atoms with van der Waals surface area (Å²) in [6.45, 7) is 1.34. The molecule has 0 bridgehead atoms. The molecule has 0 radical (unpaired) electrons. The number of nitrogens with zero attached hydrogens (tertiary/aromatic N) is 1. The number of amides is 1. The highest BCUT2D eigenvalue weighted by molar-refractivity contribution is 6.01. The number of rotatable bonds is 7. The molecule has 2 N–H and O–H groups in total. The molecule has 0 spiro atoms. The van der Waals surface area contributed by atoms with Crippen molar-refractivity contribution in [2.45, 2.75) is 62.1 Å². The average Bonchev–Trinajstić information content (AvgIpc) is 3.00. The molecular weight excluding hydrogens is 603 g/mol. The second-order valence-electron chi connectivity index (χ2n) is 11.5. The number of hydrogen-bond acceptors (Lipinski definition) is 4. The third-order valence-electron chi connectivity index (χ3n) is 8.53. The Morgan fingerprint density at radius 3 is 2.13 bits per heavy atom. The maximum absolute atomic E-state index is 14.3. The van der Waals surface area contributed by atoms with Crippen LogP contribution in [0.15, 0.2) is 72.8 Å². The molecule has 1 amide bonds. The van der Waals surface area contributed by atoms with Crippen LogP contribution >= 0.6 is 0 Å². The first-order chi connectivity index (χ1) is 21.3. The number of piperidine rings is 2. The zero-order valence-corrected chi connectivity index (χ0v) is 24.1. The molecule has 2 aliphatic heterocycles. The minimum Gasteiger partial charge on any atom is -0.351 e. The number of halogens is 7. The van der Waals surface area contributed by atoms with Crippen molar-refractivity contribution in [1.29, 1.82) is 0 Å². The molecule has 0 aromatic heterocycles. The summed E-state index contributed by atoms with van der Waals surface area (Å²) in [6, 6.07) is 13.1. The van der Waals surface area contributed by atoms with Gasteiger partial charge in [-0.1, -0.05) is 42.5 Å². The fraction of sp³-hybridized carbons (Fsp3) is 0.394.